The second kappa shape index (κ2) is 9.05. The summed E-state index contributed by atoms with van der Waals surface area (Å²) in [6.45, 7) is 12.6. The second-order valence-corrected chi connectivity index (χ2v) is 8.54. The molecule has 0 fully saturated rings. The van der Waals surface area contributed by atoms with Crippen LogP contribution >= 0.6 is 0 Å². The Morgan fingerprint density at radius 1 is 0.964 bits per heavy atom. The molecule has 150 valence electrons. The summed E-state index contributed by atoms with van der Waals surface area (Å²) in [6, 6.07) is 15.9. The molecule has 0 unspecified atom stereocenters. The first-order chi connectivity index (χ1) is 13.1. The van der Waals surface area contributed by atoms with Crippen LogP contribution in [0.15, 0.2) is 48.5 Å². The topological polar surface area (TPSA) is 49.4 Å². The van der Waals surface area contributed by atoms with Gasteiger partial charge in [-0.05, 0) is 46.7 Å². The minimum atomic E-state index is -0.102. The number of hydrogen-bond donors (Lipinski definition) is 1. The van der Waals surface area contributed by atoms with E-state index in [9.17, 15) is 9.59 Å². The van der Waals surface area contributed by atoms with Gasteiger partial charge in [-0.3, -0.25) is 9.59 Å². The van der Waals surface area contributed by atoms with Crippen molar-refractivity contribution in [1.82, 2.24) is 0 Å². The number of carbonyl (C=O) groups is 2. The van der Waals surface area contributed by atoms with E-state index in [-0.39, 0.29) is 23.7 Å². The van der Waals surface area contributed by atoms with Gasteiger partial charge >= 0.3 is 0 Å². The lowest BCUT2D eigenvalue weighted by molar-refractivity contribution is -0.117. The van der Waals surface area contributed by atoms with Gasteiger partial charge in [-0.1, -0.05) is 58.9 Å². The first-order valence-electron chi connectivity index (χ1n) is 9.86. The van der Waals surface area contributed by atoms with E-state index in [0.29, 0.717) is 12.5 Å². The van der Waals surface area contributed by atoms with Crippen molar-refractivity contribution >= 4 is 23.2 Å². The van der Waals surface area contributed by atoms with E-state index in [0.717, 1.165) is 11.4 Å². The molecule has 0 aliphatic carbocycles. The molecule has 4 nitrogen and oxygen atoms in total. The quantitative estimate of drug-likeness (QED) is 0.720. The van der Waals surface area contributed by atoms with Crippen LogP contribution in [0.1, 0.15) is 65.0 Å². The number of rotatable bonds is 6. The van der Waals surface area contributed by atoms with Gasteiger partial charge in [0, 0.05) is 31.3 Å². The van der Waals surface area contributed by atoms with E-state index in [1.165, 1.54) is 18.1 Å². The molecule has 0 aliphatic heterocycles. The van der Waals surface area contributed by atoms with Crippen LogP contribution in [-0.2, 0) is 15.0 Å². The number of benzene rings is 2. The average molecular weight is 381 g/mol. The first-order valence-corrected chi connectivity index (χ1v) is 9.86. The third-order valence-electron chi connectivity index (χ3n) is 4.85. The molecule has 4 heteroatoms. The summed E-state index contributed by atoms with van der Waals surface area (Å²) >= 11 is 0. The molecule has 0 spiro atoms. The van der Waals surface area contributed by atoms with E-state index in [1.807, 2.05) is 48.5 Å². The van der Waals surface area contributed by atoms with Crippen LogP contribution < -0.4 is 10.2 Å². The maximum Gasteiger partial charge on any atom is 0.226 e. The first kappa shape index (κ1) is 21.7. The highest BCUT2D eigenvalue weighted by atomic mass is 16.2. The minimum absolute atomic E-state index is 0.0601. The largest absolute Gasteiger partial charge is 0.326 e. The Bertz CT molecular complexity index is 800. The summed E-state index contributed by atoms with van der Waals surface area (Å²) in [6.07, 6.45) is 0.243. The number of hydrogen-bond acceptors (Lipinski definition) is 2. The molecule has 2 rings (SSSR count). The van der Waals surface area contributed by atoms with E-state index in [1.54, 1.807) is 4.90 Å². The summed E-state index contributed by atoms with van der Waals surface area (Å²) in [5.41, 5.74) is 4.10. The van der Waals surface area contributed by atoms with Gasteiger partial charge in [-0.15, -0.1) is 0 Å². The zero-order valence-electron chi connectivity index (χ0n) is 17.9. The van der Waals surface area contributed by atoms with Crippen molar-refractivity contribution in [2.45, 2.75) is 59.3 Å². The normalized spacial score (nSPS) is 11.4. The molecule has 2 amide bonds. The fraction of sp³-hybridized carbons (Fsp3) is 0.417. The fourth-order valence-corrected chi connectivity index (χ4v) is 3.00. The highest BCUT2D eigenvalue weighted by Gasteiger charge is 2.17. The number of anilines is 2. The number of nitrogens with zero attached hydrogens (tertiary/aromatic N) is 1. The molecule has 1 N–H and O–H groups in total. The molecule has 0 heterocycles. The van der Waals surface area contributed by atoms with Crippen molar-refractivity contribution in [3.8, 4) is 0 Å². The van der Waals surface area contributed by atoms with Gasteiger partial charge in [-0.2, -0.15) is 0 Å². The summed E-state index contributed by atoms with van der Waals surface area (Å²) in [4.78, 5) is 26.1. The summed E-state index contributed by atoms with van der Waals surface area (Å²) in [5.74, 6) is 0.283. The lowest BCUT2D eigenvalue weighted by atomic mass is 9.87. The number of amides is 2. The van der Waals surface area contributed by atoms with Crippen LogP contribution in [0.2, 0.25) is 0 Å². The van der Waals surface area contributed by atoms with Gasteiger partial charge in [-0.25, -0.2) is 0 Å². The van der Waals surface area contributed by atoms with Gasteiger partial charge in [0.1, 0.15) is 0 Å². The zero-order chi connectivity index (χ0) is 20.9. The van der Waals surface area contributed by atoms with Crippen LogP contribution in [0, 0.1) is 0 Å². The van der Waals surface area contributed by atoms with Crippen LogP contribution in [0.3, 0.4) is 0 Å². The Kier molecular flexibility index (Phi) is 7.00. The Hall–Kier alpha value is -2.62. The van der Waals surface area contributed by atoms with E-state index in [2.05, 4.69) is 39.9 Å². The predicted molar refractivity (Wildman–Crippen MR) is 117 cm³/mol. The molecule has 28 heavy (non-hydrogen) atoms. The van der Waals surface area contributed by atoms with Gasteiger partial charge in [0.05, 0.1) is 0 Å². The highest BCUT2D eigenvalue weighted by Crippen LogP contribution is 2.25. The fourth-order valence-electron chi connectivity index (χ4n) is 3.00. The molecule has 0 atom stereocenters. The van der Waals surface area contributed by atoms with E-state index < -0.39 is 0 Å². The van der Waals surface area contributed by atoms with Crippen molar-refractivity contribution in [1.29, 1.82) is 0 Å². The van der Waals surface area contributed by atoms with Crippen molar-refractivity contribution in [2.24, 2.45) is 0 Å². The van der Waals surface area contributed by atoms with Crippen LogP contribution in [-0.4, -0.2) is 18.4 Å². The van der Waals surface area contributed by atoms with Crippen molar-refractivity contribution < 1.29 is 9.59 Å². The van der Waals surface area contributed by atoms with Gasteiger partial charge in [0.15, 0.2) is 0 Å². The molecule has 0 saturated carbocycles. The van der Waals surface area contributed by atoms with Crippen LogP contribution in [0.5, 0.6) is 0 Å². The van der Waals surface area contributed by atoms with Crippen molar-refractivity contribution in [2.75, 3.05) is 16.8 Å². The summed E-state index contributed by atoms with van der Waals surface area (Å²) in [5, 5.41) is 2.91. The van der Waals surface area contributed by atoms with E-state index in [4.69, 9.17) is 0 Å². The maximum absolute atomic E-state index is 12.3. The molecule has 0 saturated heterocycles. The molecule has 0 radical (unpaired) electrons. The molecule has 0 aliphatic rings. The smallest absolute Gasteiger partial charge is 0.226 e. The van der Waals surface area contributed by atoms with Crippen LogP contribution in [0.4, 0.5) is 11.4 Å². The van der Waals surface area contributed by atoms with Gasteiger partial charge in [0.2, 0.25) is 11.8 Å². The highest BCUT2D eigenvalue weighted by molar-refractivity contribution is 5.94. The maximum atomic E-state index is 12.3. The third-order valence-corrected chi connectivity index (χ3v) is 4.85. The zero-order valence-corrected chi connectivity index (χ0v) is 17.9. The Morgan fingerprint density at radius 3 is 2.00 bits per heavy atom. The van der Waals surface area contributed by atoms with Crippen LogP contribution in [0.25, 0.3) is 0 Å². The SMILES string of the molecule is CC(=O)N(CCC(=O)Nc1ccc(C(C)C)cc1)c1ccc(C(C)(C)C)cc1. The average Bonchev–Trinajstić information content (AvgIpc) is 2.61. The monoisotopic (exact) mass is 380 g/mol. The predicted octanol–water partition coefficient (Wildman–Crippen LogP) is 5.49. The minimum Gasteiger partial charge on any atom is -0.326 e. The van der Waals surface area contributed by atoms with Gasteiger partial charge < -0.3 is 10.2 Å². The lowest BCUT2D eigenvalue weighted by Gasteiger charge is -2.23. The Balaban J connectivity index is 1.99. The standard InChI is InChI=1S/C24H32N2O2/c1-17(2)19-7-11-21(12-8-19)25-23(28)15-16-26(18(3)27)22-13-9-20(10-14-22)24(4,5)6/h7-14,17H,15-16H2,1-6H3,(H,25,28). The molecular formula is C24H32N2O2. The summed E-state index contributed by atoms with van der Waals surface area (Å²) in [7, 11) is 0. The second-order valence-electron chi connectivity index (χ2n) is 8.54. The molecule has 2 aromatic rings. The third kappa shape index (κ3) is 5.95. The molecule has 0 bridgehead atoms. The number of carbonyl (C=O) groups excluding carboxylic acids is 2. The Labute approximate surface area is 169 Å². The molecule has 0 aromatic heterocycles. The lowest BCUT2D eigenvalue weighted by Crippen LogP contribution is -2.32. The Morgan fingerprint density at radius 2 is 1.54 bits per heavy atom. The molecule has 2 aromatic carbocycles. The van der Waals surface area contributed by atoms with Crippen molar-refractivity contribution in [3.05, 3.63) is 59.7 Å². The number of nitrogens with one attached hydrogen (secondary N) is 1. The van der Waals surface area contributed by atoms with E-state index >= 15 is 0 Å². The van der Waals surface area contributed by atoms with Gasteiger partial charge in [0.25, 0.3) is 0 Å². The van der Waals surface area contributed by atoms with Crippen molar-refractivity contribution in [3.63, 3.8) is 0 Å². The summed E-state index contributed by atoms with van der Waals surface area (Å²) < 4.78 is 0. The molecular weight excluding hydrogens is 348 g/mol.